The number of nitrogens with two attached hydrogens (primary N) is 1. The van der Waals surface area contributed by atoms with E-state index in [1.807, 2.05) is 13.8 Å². The minimum absolute atomic E-state index is 0.417. The molecule has 0 amide bonds. The molecule has 0 spiro atoms. The Hall–Kier alpha value is -0.680. The molecule has 0 aliphatic rings. The molecule has 6 heteroatoms. The summed E-state index contributed by atoms with van der Waals surface area (Å²) in [6.07, 6.45) is 0. The zero-order valence-electron chi connectivity index (χ0n) is 8.17. The Labute approximate surface area is 92.6 Å². The monoisotopic (exact) mass is 232 g/mol. The van der Waals surface area contributed by atoms with Gasteiger partial charge in [-0.25, -0.2) is 0 Å². The van der Waals surface area contributed by atoms with Crippen LogP contribution in [-0.2, 0) is 0 Å². The van der Waals surface area contributed by atoms with E-state index in [9.17, 15) is 0 Å². The summed E-state index contributed by atoms with van der Waals surface area (Å²) in [6.45, 7) is 4.73. The molecule has 0 aliphatic carbocycles. The van der Waals surface area contributed by atoms with E-state index in [1.54, 1.807) is 11.8 Å². The van der Waals surface area contributed by atoms with Crippen molar-refractivity contribution >= 4 is 35.1 Å². The SMILES string of the molecule is CCNc1nc(N)c(SCC)c(Cl)n1. The molecule has 3 N–H and O–H groups in total. The first-order valence-corrected chi connectivity index (χ1v) is 5.75. The predicted octanol–water partition coefficient (Wildman–Crippen LogP) is 2.26. The molecule has 1 heterocycles. The van der Waals surface area contributed by atoms with Gasteiger partial charge in [-0.2, -0.15) is 9.97 Å². The third-order valence-electron chi connectivity index (χ3n) is 1.47. The zero-order valence-corrected chi connectivity index (χ0v) is 9.74. The molecule has 0 saturated carbocycles. The standard InChI is InChI=1S/C8H13ClN4S/c1-3-11-8-12-6(9)5(14-4-2)7(10)13-8/h3-4H2,1-2H3,(H3,10,11,12,13). The van der Waals surface area contributed by atoms with Crippen molar-refractivity contribution < 1.29 is 0 Å². The lowest BCUT2D eigenvalue weighted by Gasteiger charge is -2.07. The van der Waals surface area contributed by atoms with Gasteiger partial charge in [0.15, 0.2) is 0 Å². The molecule has 0 radical (unpaired) electrons. The van der Waals surface area contributed by atoms with E-state index < -0.39 is 0 Å². The van der Waals surface area contributed by atoms with Gasteiger partial charge >= 0.3 is 0 Å². The van der Waals surface area contributed by atoms with Crippen molar-refractivity contribution in [2.45, 2.75) is 18.7 Å². The van der Waals surface area contributed by atoms with Gasteiger partial charge in [-0.1, -0.05) is 18.5 Å². The normalized spacial score (nSPS) is 10.2. The van der Waals surface area contributed by atoms with Gasteiger partial charge in [-0.05, 0) is 12.7 Å². The third kappa shape index (κ3) is 2.65. The highest BCUT2D eigenvalue weighted by molar-refractivity contribution is 7.99. The Morgan fingerprint density at radius 3 is 2.64 bits per heavy atom. The first kappa shape index (κ1) is 11.4. The van der Waals surface area contributed by atoms with Crippen LogP contribution < -0.4 is 11.1 Å². The summed E-state index contributed by atoms with van der Waals surface area (Å²) < 4.78 is 0. The maximum atomic E-state index is 5.96. The molecule has 1 aromatic heterocycles. The Kier molecular flexibility index (Phi) is 4.28. The number of nitrogen functional groups attached to an aromatic ring is 1. The van der Waals surface area contributed by atoms with Crippen LogP contribution in [0.2, 0.25) is 5.15 Å². The molecule has 78 valence electrons. The minimum atomic E-state index is 0.417. The fraction of sp³-hybridized carbons (Fsp3) is 0.500. The third-order valence-corrected chi connectivity index (χ3v) is 2.84. The summed E-state index contributed by atoms with van der Waals surface area (Å²) in [5.74, 6) is 1.82. The number of anilines is 2. The summed E-state index contributed by atoms with van der Waals surface area (Å²) in [5.41, 5.74) is 5.74. The number of nitrogens with zero attached hydrogens (tertiary/aromatic N) is 2. The number of nitrogens with one attached hydrogen (secondary N) is 1. The quantitative estimate of drug-likeness (QED) is 0.616. The van der Waals surface area contributed by atoms with E-state index in [0.717, 1.165) is 17.2 Å². The molecule has 1 rings (SSSR count). The molecule has 0 unspecified atom stereocenters. The number of hydrogen-bond donors (Lipinski definition) is 2. The van der Waals surface area contributed by atoms with Crippen molar-refractivity contribution in [3.05, 3.63) is 5.15 Å². The maximum Gasteiger partial charge on any atom is 0.226 e. The van der Waals surface area contributed by atoms with Crippen molar-refractivity contribution in [1.82, 2.24) is 9.97 Å². The lowest BCUT2D eigenvalue weighted by Crippen LogP contribution is -2.05. The molecule has 0 fully saturated rings. The van der Waals surface area contributed by atoms with E-state index in [-0.39, 0.29) is 0 Å². The van der Waals surface area contributed by atoms with Crippen LogP contribution in [0.4, 0.5) is 11.8 Å². The smallest absolute Gasteiger partial charge is 0.226 e. The number of thioether (sulfide) groups is 1. The van der Waals surface area contributed by atoms with Gasteiger partial charge in [0.1, 0.15) is 11.0 Å². The highest BCUT2D eigenvalue weighted by atomic mass is 35.5. The minimum Gasteiger partial charge on any atom is -0.383 e. The lowest BCUT2D eigenvalue weighted by atomic mass is 10.6. The lowest BCUT2D eigenvalue weighted by molar-refractivity contribution is 1.06. The van der Waals surface area contributed by atoms with E-state index in [2.05, 4.69) is 15.3 Å². The van der Waals surface area contributed by atoms with E-state index in [1.165, 1.54) is 0 Å². The van der Waals surface area contributed by atoms with Crippen LogP contribution in [0.3, 0.4) is 0 Å². The second-order valence-electron chi connectivity index (χ2n) is 2.52. The summed E-state index contributed by atoms with van der Waals surface area (Å²) in [7, 11) is 0. The van der Waals surface area contributed by atoms with E-state index in [0.29, 0.717) is 16.9 Å². The Balaban J connectivity index is 2.98. The molecule has 0 aliphatic heterocycles. The molecular formula is C8H13ClN4S. The second-order valence-corrected chi connectivity index (χ2v) is 4.15. The highest BCUT2D eigenvalue weighted by Gasteiger charge is 2.09. The first-order chi connectivity index (χ1) is 6.69. The predicted molar refractivity (Wildman–Crippen MR) is 62.0 cm³/mol. The molecule has 1 aromatic rings. The van der Waals surface area contributed by atoms with Crippen molar-refractivity contribution in [2.75, 3.05) is 23.3 Å². The Morgan fingerprint density at radius 2 is 2.14 bits per heavy atom. The van der Waals surface area contributed by atoms with E-state index >= 15 is 0 Å². The molecule has 14 heavy (non-hydrogen) atoms. The highest BCUT2D eigenvalue weighted by Crippen LogP contribution is 2.30. The number of hydrogen-bond acceptors (Lipinski definition) is 5. The van der Waals surface area contributed by atoms with Crippen LogP contribution >= 0.6 is 23.4 Å². The Bertz CT molecular complexity index is 295. The van der Waals surface area contributed by atoms with Crippen molar-refractivity contribution in [1.29, 1.82) is 0 Å². The summed E-state index contributed by atoms with van der Waals surface area (Å²) in [5, 5.41) is 3.38. The van der Waals surface area contributed by atoms with Gasteiger partial charge in [0.05, 0.1) is 4.90 Å². The van der Waals surface area contributed by atoms with Crippen molar-refractivity contribution in [2.24, 2.45) is 0 Å². The number of rotatable bonds is 4. The van der Waals surface area contributed by atoms with Gasteiger partial charge in [-0.3, -0.25) is 0 Å². The summed E-state index contributed by atoms with van der Waals surface area (Å²) in [4.78, 5) is 8.94. The number of aromatic nitrogens is 2. The molecule has 0 saturated heterocycles. The molecule has 4 nitrogen and oxygen atoms in total. The first-order valence-electron chi connectivity index (χ1n) is 4.38. The summed E-state index contributed by atoms with van der Waals surface area (Å²) >= 11 is 7.50. The van der Waals surface area contributed by atoms with E-state index in [4.69, 9.17) is 17.3 Å². The maximum absolute atomic E-state index is 5.96. The van der Waals surface area contributed by atoms with Crippen molar-refractivity contribution in [3.63, 3.8) is 0 Å². The van der Waals surface area contributed by atoms with Gasteiger partial charge < -0.3 is 11.1 Å². The van der Waals surface area contributed by atoms with Crippen LogP contribution in [0.15, 0.2) is 4.90 Å². The second kappa shape index (κ2) is 5.26. The molecule has 0 bridgehead atoms. The van der Waals surface area contributed by atoms with Gasteiger partial charge in [-0.15, -0.1) is 11.8 Å². The van der Waals surface area contributed by atoms with Crippen LogP contribution in [-0.4, -0.2) is 22.3 Å². The largest absolute Gasteiger partial charge is 0.383 e. The zero-order chi connectivity index (χ0) is 10.6. The van der Waals surface area contributed by atoms with Crippen molar-refractivity contribution in [3.8, 4) is 0 Å². The average molecular weight is 233 g/mol. The fourth-order valence-electron chi connectivity index (χ4n) is 0.954. The van der Waals surface area contributed by atoms with Crippen LogP contribution in [0.1, 0.15) is 13.8 Å². The van der Waals surface area contributed by atoms with Gasteiger partial charge in [0.25, 0.3) is 0 Å². The summed E-state index contributed by atoms with van der Waals surface area (Å²) in [6, 6.07) is 0. The Morgan fingerprint density at radius 1 is 1.43 bits per heavy atom. The molecule has 0 atom stereocenters. The molecular weight excluding hydrogens is 220 g/mol. The van der Waals surface area contributed by atoms with Crippen LogP contribution in [0.5, 0.6) is 0 Å². The fourth-order valence-corrected chi connectivity index (χ4v) is 1.94. The molecule has 0 aromatic carbocycles. The van der Waals surface area contributed by atoms with Crippen LogP contribution in [0, 0.1) is 0 Å². The van der Waals surface area contributed by atoms with Gasteiger partial charge in [0.2, 0.25) is 5.95 Å². The van der Waals surface area contributed by atoms with Gasteiger partial charge in [0, 0.05) is 6.54 Å². The average Bonchev–Trinajstić information content (AvgIpc) is 2.12. The van der Waals surface area contributed by atoms with Crippen LogP contribution in [0.25, 0.3) is 0 Å². The topological polar surface area (TPSA) is 63.8 Å². The number of halogens is 1.